The number of amides is 1. The third-order valence-electron chi connectivity index (χ3n) is 5.50. The van der Waals surface area contributed by atoms with Gasteiger partial charge in [-0.25, -0.2) is 0 Å². The maximum atomic E-state index is 12.4. The summed E-state index contributed by atoms with van der Waals surface area (Å²) < 4.78 is 5.50. The van der Waals surface area contributed by atoms with E-state index in [0.717, 1.165) is 18.3 Å². The zero-order chi connectivity index (χ0) is 16.9. The van der Waals surface area contributed by atoms with Crippen molar-refractivity contribution < 1.29 is 14.3 Å². The van der Waals surface area contributed by atoms with Crippen LogP contribution < -0.4 is 5.32 Å². The minimum absolute atomic E-state index is 0.00564. The summed E-state index contributed by atoms with van der Waals surface area (Å²) in [6, 6.07) is 0. The minimum Gasteiger partial charge on any atom is -0.459 e. The molecule has 0 aromatic carbocycles. The molecule has 23 heavy (non-hydrogen) atoms. The van der Waals surface area contributed by atoms with Crippen LogP contribution in [-0.4, -0.2) is 28.3 Å². The smallest absolute Gasteiger partial charge is 0.325 e. The number of halogens is 1. The molecule has 4 bridgehead atoms. The van der Waals surface area contributed by atoms with Crippen LogP contribution in [0.25, 0.3) is 0 Å². The molecule has 5 heteroatoms. The summed E-state index contributed by atoms with van der Waals surface area (Å²) in [5, 5.41) is 2.76. The van der Waals surface area contributed by atoms with Crippen LogP contribution in [0, 0.1) is 17.3 Å². The van der Waals surface area contributed by atoms with Gasteiger partial charge in [0.15, 0.2) is 0 Å². The minimum atomic E-state index is -0.510. The highest BCUT2D eigenvalue weighted by Gasteiger charge is 2.57. The number of alkyl halides is 1. The molecule has 4 aliphatic carbocycles. The van der Waals surface area contributed by atoms with Crippen LogP contribution >= 0.6 is 15.9 Å². The first-order chi connectivity index (χ1) is 10.6. The van der Waals surface area contributed by atoms with Crippen LogP contribution in [0.15, 0.2) is 0 Å². The number of carbonyl (C=O) groups excluding carboxylic acids is 2. The van der Waals surface area contributed by atoms with Crippen LogP contribution in [0.2, 0.25) is 0 Å². The molecule has 0 spiro atoms. The lowest BCUT2D eigenvalue weighted by atomic mass is 9.48. The number of rotatable bonds is 4. The molecule has 0 radical (unpaired) electrons. The Hall–Kier alpha value is -0.580. The molecule has 1 N–H and O–H groups in total. The van der Waals surface area contributed by atoms with E-state index in [-0.39, 0.29) is 28.2 Å². The summed E-state index contributed by atoms with van der Waals surface area (Å²) in [6.45, 7) is 5.46. The number of carbonyl (C=O) groups is 2. The zero-order valence-electron chi connectivity index (χ0n) is 14.4. The van der Waals surface area contributed by atoms with Crippen molar-refractivity contribution >= 4 is 27.8 Å². The average Bonchev–Trinajstić information content (AvgIpc) is 2.30. The third kappa shape index (κ3) is 4.09. The SMILES string of the molecule is CC(C)(C)OC(=O)CNC(=O)CC12CC3CC(CC(Br)(C3)C1)C2. The Balaban J connectivity index is 1.53. The van der Waals surface area contributed by atoms with Gasteiger partial charge in [0, 0.05) is 10.7 Å². The number of nitrogens with one attached hydrogen (secondary N) is 1. The molecule has 0 heterocycles. The summed E-state index contributed by atoms with van der Waals surface area (Å²) >= 11 is 3.97. The quantitative estimate of drug-likeness (QED) is 0.594. The Morgan fingerprint density at radius 3 is 2.30 bits per heavy atom. The number of ether oxygens (including phenoxy) is 1. The molecule has 0 saturated heterocycles. The normalized spacial score (nSPS) is 38.4. The summed E-state index contributed by atoms with van der Waals surface area (Å²) in [4.78, 5) is 24.1. The van der Waals surface area contributed by atoms with E-state index < -0.39 is 5.60 Å². The monoisotopic (exact) mass is 385 g/mol. The van der Waals surface area contributed by atoms with E-state index in [4.69, 9.17) is 4.74 Å². The molecule has 4 saturated carbocycles. The van der Waals surface area contributed by atoms with Gasteiger partial charge < -0.3 is 10.1 Å². The number of hydrogen-bond donors (Lipinski definition) is 1. The van der Waals surface area contributed by atoms with E-state index in [9.17, 15) is 9.59 Å². The molecular formula is C18H28BrNO3. The molecule has 1 amide bonds. The maximum absolute atomic E-state index is 12.4. The van der Waals surface area contributed by atoms with Crippen molar-refractivity contribution in [2.45, 2.75) is 75.6 Å². The molecular weight excluding hydrogens is 358 g/mol. The van der Waals surface area contributed by atoms with E-state index in [1.165, 1.54) is 32.1 Å². The van der Waals surface area contributed by atoms with Crippen molar-refractivity contribution in [2.24, 2.45) is 17.3 Å². The van der Waals surface area contributed by atoms with Gasteiger partial charge >= 0.3 is 5.97 Å². The highest BCUT2D eigenvalue weighted by atomic mass is 79.9. The topological polar surface area (TPSA) is 55.4 Å². The maximum Gasteiger partial charge on any atom is 0.325 e. The molecule has 4 nitrogen and oxygen atoms in total. The Bertz CT molecular complexity index is 497. The van der Waals surface area contributed by atoms with Crippen molar-refractivity contribution in [3.8, 4) is 0 Å². The lowest BCUT2D eigenvalue weighted by molar-refractivity contribution is -0.154. The second-order valence-corrected chi connectivity index (χ2v) is 10.8. The first-order valence-electron chi connectivity index (χ1n) is 8.74. The standard InChI is InChI=1S/C18H28BrNO3/c1-16(2,3)23-15(22)10-20-14(21)9-17-5-12-4-13(6-17)8-18(19,7-12)11-17/h12-13H,4-11H2,1-3H3,(H,20,21). The predicted molar refractivity (Wildman–Crippen MR) is 92.2 cm³/mol. The van der Waals surface area contributed by atoms with Gasteiger partial charge in [0.1, 0.15) is 12.1 Å². The Kier molecular flexibility index (Phi) is 4.31. The summed E-state index contributed by atoms with van der Waals surface area (Å²) in [7, 11) is 0. The summed E-state index contributed by atoms with van der Waals surface area (Å²) in [5.41, 5.74) is -0.365. The van der Waals surface area contributed by atoms with E-state index in [1.54, 1.807) is 0 Å². The molecule has 0 aromatic heterocycles. The molecule has 4 rings (SSSR count). The van der Waals surface area contributed by atoms with E-state index in [1.807, 2.05) is 20.8 Å². The zero-order valence-corrected chi connectivity index (χ0v) is 16.0. The van der Waals surface area contributed by atoms with Gasteiger partial charge in [0.05, 0.1) is 0 Å². The van der Waals surface area contributed by atoms with Gasteiger partial charge in [-0.2, -0.15) is 0 Å². The van der Waals surface area contributed by atoms with Crippen LogP contribution in [0.5, 0.6) is 0 Å². The fraction of sp³-hybridized carbons (Fsp3) is 0.889. The Labute approximate surface area is 147 Å². The molecule has 0 aromatic rings. The lowest BCUT2D eigenvalue weighted by Gasteiger charge is -2.60. The van der Waals surface area contributed by atoms with Gasteiger partial charge in [-0.3, -0.25) is 9.59 Å². The van der Waals surface area contributed by atoms with Crippen LogP contribution in [0.1, 0.15) is 65.7 Å². The largest absolute Gasteiger partial charge is 0.459 e. The van der Waals surface area contributed by atoms with Gasteiger partial charge in [0.25, 0.3) is 0 Å². The van der Waals surface area contributed by atoms with E-state index in [2.05, 4.69) is 21.2 Å². The molecule has 4 aliphatic rings. The molecule has 0 aliphatic heterocycles. The second kappa shape index (κ2) is 5.75. The van der Waals surface area contributed by atoms with Gasteiger partial charge in [0.2, 0.25) is 5.91 Å². The van der Waals surface area contributed by atoms with Crippen molar-refractivity contribution in [2.75, 3.05) is 6.54 Å². The summed E-state index contributed by atoms with van der Waals surface area (Å²) in [5.74, 6) is 1.17. The van der Waals surface area contributed by atoms with Crippen LogP contribution in [-0.2, 0) is 14.3 Å². The van der Waals surface area contributed by atoms with E-state index in [0.29, 0.717) is 6.42 Å². The third-order valence-corrected chi connectivity index (χ3v) is 6.42. The number of hydrogen-bond acceptors (Lipinski definition) is 3. The van der Waals surface area contributed by atoms with Gasteiger partial charge in [-0.15, -0.1) is 0 Å². The van der Waals surface area contributed by atoms with Crippen molar-refractivity contribution in [1.29, 1.82) is 0 Å². The fourth-order valence-corrected chi connectivity index (χ4v) is 7.00. The van der Waals surface area contributed by atoms with E-state index >= 15 is 0 Å². The van der Waals surface area contributed by atoms with Gasteiger partial charge in [-0.05, 0) is 76.5 Å². The van der Waals surface area contributed by atoms with Crippen LogP contribution in [0.4, 0.5) is 0 Å². The highest BCUT2D eigenvalue weighted by molar-refractivity contribution is 9.10. The van der Waals surface area contributed by atoms with Crippen molar-refractivity contribution in [3.05, 3.63) is 0 Å². The number of esters is 1. The Morgan fingerprint density at radius 2 is 1.78 bits per heavy atom. The lowest BCUT2D eigenvalue weighted by Crippen LogP contribution is -2.54. The highest BCUT2D eigenvalue weighted by Crippen LogP contribution is 2.65. The van der Waals surface area contributed by atoms with Crippen LogP contribution in [0.3, 0.4) is 0 Å². The molecule has 2 atom stereocenters. The molecule has 2 unspecified atom stereocenters. The summed E-state index contributed by atoms with van der Waals surface area (Å²) in [6.07, 6.45) is 7.89. The predicted octanol–water partition coefficient (Wildman–Crippen LogP) is 3.57. The Morgan fingerprint density at radius 1 is 1.17 bits per heavy atom. The first-order valence-corrected chi connectivity index (χ1v) is 9.53. The molecule has 4 fully saturated rings. The second-order valence-electron chi connectivity index (χ2n) is 9.15. The fourth-order valence-electron chi connectivity index (χ4n) is 5.49. The van der Waals surface area contributed by atoms with Crippen molar-refractivity contribution in [1.82, 2.24) is 5.32 Å². The van der Waals surface area contributed by atoms with Gasteiger partial charge in [-0.1, -0.05) is 15.9 Å². The average molecular weight is 386 g/mol. The first kappa shape index (κ1) is 17.2. The van der Waals surface area contributed by atoms with Crippen molar-refractivity contribution in [3.63, 3.8) is 0 Å². The molecule has 130 valence electrons.